The molecule has 4 fully saturated rings. The number of hydrogen-bond donors (Lipinski definition) is 2. The summed E-state index contributed by atoms with van der Waals surface area (Å²) in [6.45, 7) is 1.49. The second kappa shape index (κ2) is 4.70. The zero-order valence-corrected chi connectivity index (χ0v) is 12.3. The minimum atomic E-state index is -0.600. The van der Waals surface area contributed by atoms with Crippen LogP contribution in [0.25, 0.3) is 0 Å². The monoisotopic (exact) mass is 292 g/mol. The normalized spacial score (nSPS) is 42.4. The van der Waals surface area contributed by atoms with E-state index in [1.807, 2.05) is 0 Å². The van der Waals surface area contributed by atoms with Gasteiger partial charge < -0.3 is 15.8 Å². The molecule has 1 saturated heterocycles. The minimum absolute atomic E-state index is 0.161. The van der Waals surface area contributed by atoms with Crippen molar-refractivity contribution < 1.29 is 14.3 Å². The van der Waals surface area contributed by atoms with Crippen LogP contribution in [0.2, 0.25) is 0 Å². The Morgan fingerprint density at radius 1 is 1.14 bits per heavy atom. The molecule has 5 nitrogen and oxygen atoms in total. The fourth-order valence-corrected chi connectivity index (χ4v) is 5.32. The molecule has 0 radical (unpaired) electrons. The highest BCUT2D eigenvalue weighted by Gasteiger charge is 2.67. The molecule has 4 aliphatic rings. The van der Waals surface area contributed by atoms with E-state index in [0.717, 1.165) is 11.8 Å². The van der Waals surface area contributed by atoms with Crippen LogP contribution < -0.4 is 11.1 Å². The zero-order valence-electron chi connectivity index (χ0n) is 12.3. The average molecular weight is 292 g/mol. The van der Waals surface area contributed by atoms with Crippen LogP contribution in [0.1, 0.15) is 32.1 Å². The van der Waals surface area contributed by atoms with Crippen molar-refractivity contribution in [2.75, 3.05) is 19.8 Å². The summed E-state index contributed by atoms with van der Waals surface area (Å²) in [6.07, 6.45) is 5.22. The highest BCUT2D eigenvalue weighted by atomic mass is 16.5. The second-order valence-electron chi connectivity index (χ2n) is 7.49. The SMILES string of the molecule is NC(=O)C1(CNC(=O)C2C3C4CCC(C4)C23)CCOCC1. The number of carbonyl (C=O) groups is 2. The molecule has 2 bridgehead atoms. The van der Waals surface area contributed by atoms with E-state index in [2.05, 4.69) is 5.32 Å². The molecule has 0 spiro atoms. The van der Waals surface area contributed by atoms with Crippen molar-refractivity contribution >= 4 is 11.8 Å². The van der Waals surface area contributed by atoms with Gasteiger partial charge in [-0.15, -0.1) is 0 Å². The van der Waals surface area contributed by atoms with Gasteiger partial charge in [0, 0.05) is 25.7 Å². The molecule has 1 aliphatic heterocycles. The van der Waals surface area contributed by atoms with Gasteiger partial charge in [0.1, 0.15) is 0 Å². The lowest BCUT2D eigenvalue weighted by molar-refractivity contribution is -0.134. The Bertz CT molecular complexity index is 456. The second-order valence-corrected chi connectivity index (χ2v) is 7.49. The largest absolute Gasteiger partial charge is 0.381 e. The molecular formula is C16H24N2O3. The van der Waals surface area contributed by atoms with Crippen molar-refractivity contribution in [3.8, 4) is 0 Å². The molecule has 3 N–H and O–H groups in total. The van der Waals surface area contributed by atoms with Gasteiger partial charge in [-0.25, -0.2) is 0 Å². The summed E-state index contributed by atoms with van der Waals surface area (Å²) in [5.74, 6) is 2.95. The molecule has 4 atom stereocenters. The lowest BCUT2D eigenvalue weighted by Gasteiger charge is -2.34. The van der Waals surface area contributed by atoms with Gasteiger partial charge in [0.05, 0.1) is 5.41 Å². The number of carbonyl (C=O) groups excluding carboxylic acids is 2. The molecule has 5 heteroatoms. The van der Waals surface area contributed by atoms with E-state index in [4.69, 9.17) is 10.5 Å². The average Bonchev–Trinajstić information content (AvgIpc) is 2.93. The van der Waals surface area contributed by atoms with Gasteiger partial charge in [-0.1, -0.05) is 0 Å². The van der Waals surface area contributed by atoms with E-state index in [-0.39, 0.29) is 17.7 Å². The first-order valence-corrected chi connectivity index (χ1v) is 8.28. The van der Waals surface area contributed by atoms with Crippen LogP contribution in [-0.2, 0) is 14.3 Å². The minimum Gasteiger partial charge on any atom is -0.381 e. The Balaban J connectivity index is 1.36. The van der Waals surface area contributed by atoms with E-state index in [1.165, 1.54) is 19.3 Å². The first kappa shape index (κ1) is 13.6. The molecule has 0 aromatic carbocycles. The third kappa shape index (κ3) is 2.00. The van der Waals surface area contributed by atoms with E-state index in [0.29, 0.717) is 44.4 Å². The molecule has 3 aliphatic carbocycles. The van der Waals surface area contributed by atoms with Crippen LogP contribution in [0.4, 0.5) is 0 Å². The molecule has 1 heterocycles. The van der Waals surface area contributed by atoms with Crippen LogP contribution in [0.15, 0.2) is 0 Å². The van der Waals surface area contributed by atoms with Crippen molar-refractivity contribution in [2.45, 2.75) is 32.1 Å². The number of amides is 2. The fraction of sp³-hybridized carbons (Fsp3) is 0.875. The quantitative estimate of drug-likeness (QED) is 0.799. The number of ether oxygens (including phenoxy) is 1. The Hall–Kier alpha value is -1.10. The number of hydrogen-bond acceptors (Lipinski definition) is 3. The number of nitrogens with two attached hydrogens (primary N) is 1. The maximum atomic E-state index is 12.5. The number of rotatable bonds is 4. The molecule has 0 aromatic heterocycles. The first-order chi connectivity index (χ1) is 10.1. The van der Waals surface area contributed by atoms with Crippen LogP contribution in [0.3, 0.4) is 0 Å². The zero-order chi connectivity index (χ0) is 14.6. The van der Waals surface area contributed by atoms with Gasteiger partial charge in [0.2, 0.25) is 11.8 Å². The Labute approximate surface area is 125 Å². The summed E-state index contributed by atoms with van der Waals surface area (Å²) >= 11 is 0. The van der Waals surface area contributed by atoms with Crippen LogP contribution in [-0.4, -0.2) is 31.6 Å². The van der Waals surface area contributed by atoms with E-state index in [1.54, 1.807) is 0 Å². The first-order valence-electron chi connectivity index (χ1n) is 8.28. The number of nitrogens with one attached hydrogen (secondary N) is 1. The van der Waals surface area contributed by atoms with Gasteiger partial charge in [0.25, 0.3) is 0 Å². The molecule has 4 unspecified atom stereocenters. The van der Waals surface area contributed by atoms with Crippen molar-refractivity contribution in [3.05, 3.63) is 0 Å². The van der Waals surface area contributed by atoms with E-state index in [9.17, 15) is 9.59 Å². The molecule has 4 rings (SSSR count). The molecule has 116 valence electrons. The maximum Gasteiger partial charge on any atom is 0.225 e. The van der Waals surface area contributed by atoms with Gasteiger partial charge in [-0.2, -0.15) is 0 Å². The van der Waals surface area contributed by atoms with Gasteiger partial charge >= 0.3 is 0 Å². The molecular weight excluding hydrogens is 268 g/mol. The number of primary amides is 1. The summed E-state index contributed by atoms with van der Waals surface area (Å²) in [5.41, 5.74) is 4.98. The topological polar surface area (TPSA) is 81.4 Å². The third-order valence-corrected chi connectivity index (χ3v) is 6.61. The van der Waals surface area contributed by atoms with E-state index < -0.39 is 5.41 Å². The predicted molar refractivity (Wildman–Crippen MR) is 76.0 cm³/mol. The molecule has 2 amide bonds. The summed E-state index contributed by atoms with van der Waals surface area (Å²) < 4.78 is 5.32. The third-order valence-electron chi connectivity index (χ3n) is 6.61. The van der Waals surface area contributed by atoms with Gasteiger partial charge in [-0.3, -0.25) is 9.59 Å². The Kier molecular flexibility index (Phi) is 3.03. The van der Waals surface area contributed by atoms with Crippen molar-refractivity contribution in [2.24, 2.45) is 40.7 Å². The predicted octanol–water partition coefficient (Wildman–Crippen LogP) is 0.677. The van der Waals surface area contributed by atoms with Crippen molar-refractivity contribution in [3.63, 3.8) is 0 Å². The van der Waals surface area contributed by atoms with Gasteiger partial charge in [0.15, 0.2) is 0 Å². The molecule has 3 saturated carbocycles. The lowest BCUT2D eigenvalue weighted by atomic mass is 9.79. The maximum absolute atomic E-state index is 12.5. The smallest absolute Gasteiger partial charge is 0.225 e. The molecule has 21 heavy (non-hydrogen) atoms. The summed E-state index contributed by atoms with van der Waals surface area (Å²) in [6, 6.07) is 0. The Morgan fingerprint density at radius 3 is 2.33 bits per heavy atom. The van der Waals surface area contributed by atoms with Crippen molar-refractivity contribution in [1.29, 1.82) is 0 Å². The van der Waals surface area contributed by atoms with Crippen LogP contribution in [0.5, 0.6) is 0 Å². The summed E-state index contributed by atoms with van der Waals surface area (Å²) in [5, 5.41) is 3.04. The summed E-state index contributed by atoms with van der Waals surface area (Å²) in [4.78, 5) is 24.3. The van der Waals surface area contributed by atoms with Crippen molar-refractivity contribution in [1.82, 2.24) is 5.32 Å². The van der Waals surface area contributed by atoms with Crippen LogP contribution in [0, 0.1) is 35.0 Å². The summed E-state index contributed by atoms with van der Waals surface area (Å²) in [7, 11) is 0. The van der Waals surface area contributed by atoms with Gasteiger partial charge in [-0.05, 0) is 55.8 Å². The van der Waals surface area contributed by atoms with E-state index >= 15 is 0 Å². The number of fused-ring (bicyclic) bond motifs is 5. The highest BCUT2D eigenvalue weighted by molar-refractivity contribution is 5.85. The standard InChI is InChI=1S/C16H24N2O3/c17-15(20)16(3-5-21-6-4-16)8-18-14(19)13-11-9-1-2-10(7-9)12(11)13/h9-13H,1-8H2,(H2,17,20)(H,18,19). The van der Waals surface area contributed by atoms with Crippen LogP contribution >= 0.6 is 0 Å². The fourth-order valence-electron chi connectivity index (χ4n) is 5.32. The highest BCUT2D eigenvalue weighted by Crippen LogP contribution is 2.69. The molecule has 0 aromatic rings. The lowest BCUT2D eigenvalue weighted by Crippen LogP contribution is -2.50. The Morgan fingerprint density at radius 2 is 1.76 bits per heavy atom.